The molecular weight excluding hydrogens is 192 g/mol. The highest BCUT2D eigenvalue weighted by atomic mass is 16.4. The van der Waals surface area contributed by atoms with Crippen LogP contribution in [0.25, 0.3) is 0 Å². The van der Waals surface area contributed by atoms with Gasteiger partial charge >= 0.3 is 5.97 Å². The van der Waals surface area contributed by atoms with Crippen LogP contribution in [0.3, 0.4) is 0 Å². The van der Waals surface area contributed by atoms with Gasteiger partial charge in [0.15, 0.2) is 0 Å². The van der Waals surface area contributed by atoms with Gasteiger partial charge in [0, 0.05) is 12.1 Å². The lowest BCUT2D eigenvalue weighted by Gasteiger charge is -2.19. The third-order valence-corrected chi connectivity index (χ3v) is 2.33. The van der Waals surface area contributed by atoms with Gasteiger partial charge in [-0.25, -0.2) is 0 Å². The molecule has 2 N–H and O–H groups in total. The van der Waals surface area contributed by atoms with Gasteiger partial charge in [-0.1, -0.05) is 18.2 Å². The van der Waals surface area contributed by atoms with Crippen molar-refractivity contribution in [2.75, 3.05) is 11.9 Å². The molecule has 4 heteroatoms. The number of nitrogens with zero attached hydrogens (tertiary/aromatic N) is 1. The van der Waals surface area contributed by atoms with Gasteiger partial charge in [-0.3, -0.25) is 9.79 Å². The number of aliphatic imine (C=N–C) groups is 1. The van der Waals surface area contributed by atoms with Gasteiger partial charge in [0.1, 0.15) is 12.4 Å². The molecule has 0 bridgehead atoms. The minimum Gasteiger partial charge on any atom is -0.480 e. The molecule has 4 nitrogen and oxygen atoms in total. The summed E-state index contributed by atoms with van der Waals surface area (Å²) in [6, 6.07) is 7.99. The number of hydrogen-bond donors (Lipinski definition) is 2. The van der Waals surface area contributed by atoms with E-state index in [1.165, 1.54) is 5.56 Å². The van der Waals surface area contributed by atoms with Crippen LogP contribution < -0.4 is 5.32 Å². The summed E-state index contributed by atoms with van der Waals surface area (Å²) in [6.07, 6.45) is 1.70. The van der Waals surface area contributed by atoms with Crippen molar-refractivity contribution < 1.29 is 9.90 Å². The minimum absolute atomic E-state index is 0.162. The highest BCUT2D eigenvalue weighted by molar-refractivity contribution is 5.98. The van der Waals surface area contributed by atoms with Crippen LogP contribution in [0.2, 0.25) is 0 Å². The Hall–Kier alpha value is -1.84. The van der Waals surface area contributed by atoms with Crippen LogP contribution in [-0.4, -0.2) is 23.5 Å². The van der Waals surface area contributed by atoms with Gasteiger partial charge in [-0.05, 0) is 18.1 Å². The van der Waals surface area contributed by atoms with Crippen molar-refractivity contribution in [1.82, 2.24) is 0 Å². The summed E-state index contributed by atoms with van der Waals surface area (Å²) in [5, 5.41) is 11.6. The normalized spacial score (nSPS) is 16.9. The molecule has 0 radical (unpaired) electrons. The number of amidine groups is 1. The van der Waals surface area contributed by atoms with E-state index in [9.17, 15) is 4.79 Å². The van der Waals surface area contributed by atoms with Gasteiger partial charge in [0.2, 0.25) is 0 Å². The first kappa shape index (κ1) is 9.71. The molecule has 0 aromatic heterocycles. The second kappa shape index (κ2) is 4.13. The van der Waals surface area contributed by atoms with E-state index in [0.29, 0.717) is 0 Å². The number of nitrogens with one attached hydrogen (secondary N) is 1. The quantitative estimate of drug-likeness (QED) is 0.767. The number of aryl methyl sites for hydroxylation is 1. The number of anilines is 1. The van der Waals surface area contributed by atoms with Gasteiger partial charge < -0.3 is 10.4 Å². The van der Waals surface area contributed by atoms with Crippen LogP contribution >= 0.6 is 0 Å². The van der Waals surface area contributed by atoms with Crippen molar-refractivity contribution in [3.8, 4) is 0 Å². The number of fused-ring (bicyclic) bond motifs is 1. The summed E-state index contributed by atoms with van der Waals surface area (Å²) in [4.78, 5) is 14.3. The predicted molar refractivity (Wildman–Crippen MR) is 58.3 cm³/mol. The van der Waals surface area contributed by atoms with Crippen molar-refractivity contribution in [3.05, 3.63) is 29.8 Å². The van der Waals surface area contributed by atoms with Gasteiger partial charge in [0.05, 0.1) is 0 Å². The molecule has 1 aliphatic heterocycles. The lowest BCUT2D eigenvalue weighted by atomic mass is 10.0. The van der Waals surface area contributed by atoms with Crippen LogP contribution in [0.15, 0.2) is 29.3 Å². The molecule has 0 atom stereocenters. The number of carboxylic acids is 1. The molecule has 1 heterocycles. The first-order valence-electron chi connectivity index (χ1n) is 4.86. The number of aliphatic carboxylic acids is 1. The Morgan fingerprint density at radius 1 is 1.40 bits per heavy atom. The average Bonchev–Trinajstić information content (AvgIpc) is 2.26. The lowest BCUT2D eigenvalue weighted by Crippen LogP contribution is -2.20. The van der Waals surface area contributed by atoms with Crippen LogP contribution in [0.5, 0.6) is 0 Å². The van der Waals surface area contributed by atoms with E-state index in [-0.39, 0.29) is 6.54 Å². The molecule has 0 amide bonds. The topological polar surface area (TPSA) is 61.7 Å². The molecule has 0 aliphatic carbocycles. The highest BCUT2D eigenvalue weighted by Gasteiger charge is 2.12. The number of carbonyl (C=O) groups is 1. The first-order valence-corrected chi connectivity index (χ1v) is 4.86. The standard InChI is InChI=1S/C11H12N2O2/c14-11(15)7-12-10-6-5-8-3-1-2-4-9(8)13-10/h1-4H,5-7H2,(H,12,13)(H,14,15). The number of para-hydroxylation sites is 1. The number of hydrogen-bond acceptors (Lipinski definition) is 2. The number of rotatable bonds is 2. The molecule has 1 aromatic rings. The number of carboxylic acid groups (broad SMARTS) is 1. The predicted octanol–water partition coefficient (Wildman–Crippen LogP) is 1.53. The third-order valence-electron chi connectivity index (χ3n) is 2.33. The zero-order chi connectivity index (χ0) is 10.7. The summed E-state index contributed by atoms with van der Waals surface area (Å²) < 4.78 is 0. The molecule has 15 heavy (non-hydrogen) atoms. The van der Waals surface area contributed by atoms with E-state index in [2.05, 4.69) is 16.4 Å². The Labute approximate surface area is 87.7 Å². The van der Waals surface area contributed by atoms with Crippen LogP contribution in [0.4, 0.5) is 5.69 Å². The third kappa shape index (κ3) is 2.34. The summed E-state index contributed by atoms with van der Waals surface area (Å²) in [7, 11) is 0. The fourth-order valence-corrected chi connectivity index (χ4v) is 1.61. The Morgan fingerprint density at radius 2 is 2.20 bits per heavy atom. The second-order valence-corrected chi connectivity index (χ2v) is 3.44. The molecule has 0 saturated carbocycles. The van der Waals surface area contributed by atoms with Crippen molar-refractivity contribution in [3.63, 3.8) is 0 Å². The van der Waals surface area contributed by atoms with E-state index < -0.39 is 5.97 Å². The Kier molecular flexibility index (Phi) is 2.67. The van der Waals surface area contributed by atoms with Crippen molar-refractivity contribution in [2.24, 2.45) is 4.99 Å². The van der Waals surface area contributed by atoms with Gasteiger partial charge in [-0.15, -0.1) is 0 Å². The smallest absolute Gasteiger partial charge is 0.325 e. The molecule has 78 valence electrons. The number of benzene rings is 1. The summed E-state index contributed by atoms with van der Waals surface area (Å²) in [6.45, 7) is -0.162. The van der Waals surface area contributed by atoms with Gasteiger partial charge in [0.25, 0.3) is 0 Å². The molecular formula is C11H12N2O2. The van der Waals surface area contributed by atoms with Crippen LogP contribution in [-0.2, 0) is 11.2 Å². The van der Waals surface area contributed by atoms with E-state index in [1.807, 2.05) is 18.2 Å². The summed E-state index contributed by atoms with van der Waals surface area (Å²) >= 11 is 0. The fraction of sp³-hybridized carbons (Fsp3) is 0.273. The SMILES string of the molecule is O=C(O)CN=C1CCc2ccccc2N1. The molecule has 0 fully saturated rings. The maximum Gasteiger partial charge on any atom is 0.325 e. The van der Waals surface area contributed by atoms with E-state index in [4.69, 9.17) is 5.11 Å². The molecule has 0 unspecified atom stereocenters. The fourth-order valence-electron chi connectivity index (χ4n) is 1.61. The van der Waals surface area contributed by atoms with Gasteiger partial charge in [-0.2, -0.15) is 0 Å². The molecule has 0 spiro atoms. The van der Waals surface area contributed by atoms with Crippen molar-refractivity contribution in [1.29, 1.82) is 0 Å². The molecule has 0 saturated heterocycles. The summed E-state index contributed by atoms with van der Waals surface area (Å²) in [5.74, 6) is -0.140. The Bertz CT molecular complexity index is 413. The zero-order valence-electron chi connectivity index (χ0n) is 8.23. The Morgan fingerprint density at radius 3 is 3.00 bits per heavy atom. The van der Waals surface area contributed by atoms with E-state index in [0.717, 1.165) is 24.4 Å². The van der Waals surface area contributed by atoms with Crippen LogP contribution in [0.1, 0.15) is 12.0 Å². The van der Waals surface area contributed by atoms with Crippen molar-refractivity contribution >= 4 is 17.5 Å². The molecule has 2 rings (SSSR count). The Balaban J connectivity index is 2.12. The summed E-state index contributed by atoms with van der Waals surface area (Å²) in [5.41, 5.74) is 2.29. The maximum absolute atomic E-state index is 10.4. The first-order chi connectivity index (χ1) is 7.25. The van der Waals surface area contributed by atoms with Crippen molar-refractivity contribution in [2.45, 2.75) is 12.8 Å². The second-order valence-electron chi connectivity index (χ2n) is 3.44. The maximum atomic E-state index is 10.4. The lowest BCUT2D eigenvalue weighted by molar-refractivity contribution is -0.135. The monoisotopic (exact) mass is 204 g/mol. The highest BCUT2D eigenvalue weighted by Crippen LogP contribution is 2.21. The minimum atomic E-state index is -0.900. The van der Waals surface area contributed by atoms with E-state index >= 15 is 0 Å². The molecule has 1 aromatic carbocycles. The largest absolute Gasteiger partial charge is 0.480 e. The average molecular weight is 204 g/mol. The van der Waals surface area contributed by atoms with Crippen LogP contribution in [0, 0.1) is 0 Å². The zero-order valence-corrected chi connectivity index (χ0v) is 8.23. The molecule has 1 aliphatic rings. The van der Waals surface area contributed by atoms with E-state index in [1.54, 1.807) is 0 Å².